The summed E-state index contributed by atoms with van der Waals surface area (Å²) in [4.78, 5) is 107. The van der Waals surface area contributed by atoms with Gasteiger partial charge in [-0.3, -0.25) is 38.5 Å². The van der Waals surface area contributed by atoms with Crippen LogP contribution < -0.4 is 27.0 Å². The van der Waals surface area contributed by atoms with Gasteiger partial charge in [0, 0.05) is 98.0 Å². The monoisotopic (exact) mass is 1080 g/mol. The molecule has 1 aliphatic rings. The number of carboxylic acid groups (broad SMARTS) is 4. The van der Waals surface area contributed by atoms with Gasteiger partial charge in [-0.1, -0.05) is 38.1 Å². The molecule has 4 amide bonds. The summed E-state index contributed by atoms with van der Waals surface area (Å²) in [6.07, 6.45) is 2.68. The molecule has 0 bridgehead atoms. The van der Waals surface area contributed by atoms with Gasteiger partial charge in [-0.2, -0.15) is 0 Å². The van der Waals surface area contributed by atoms with Crippen molar-refractivity contribution in [1.82, 2.24) is 40.9 Å². The minimum Gasteiger partial charge on any atom is -0.481 e. The van der Waals surface area contributed by atoms with Gasteiger partial charge in [0.1, 0.15) is 12.1 Å². The number of nitrogens with zero attached hydrogens (tertiary/aromatic N) is 4. The lowest BCUT2D eigenvalue weighted by atomic mass is 10.0. The van der Waals surface area contributed by atoms with Crippen molar-refractivity contribution in [3.63, 3.8) is 0 Å². The molecule has 0 aliphatic carbocycles. The standard InChI is InChI=1S/C52H89N9O15/c1-40(2)37-41-9-11-42(12-10-41)38-46(63)54-18-6-4-8-44(52(72)73)57-51(71)43(56-45(62)16-31-74-33-35-76-36-34-75-32-17-53)7-3-5-19-55-47(64)39-61-29-27-59(21-14-49(67)68)25-23-58(20-13-48(65)66)24-26-60(28-30-61)22-15-50(69)70/h9-12,40,43-44H,3-8,13-39,53H2,1-2H3,(H,54,63)(H,55,64)(H,56,62)(H,57,71)(H,65,66)(H,67,68)(H,69,70)(H,72,73). The summed E-state index contributed by atoms with van der Waals surface area (Å²) in [5, 5.41) is 49.3. The smallest absolute Gasteiger partial charge is 0.326 e. The molecule has 24 heteroatoms. The Morgan fingerprint density at radius 2 is 0.961 bits per heavy atom. The van der Waals surface area contributed by atoms with Crippen LogP contribution in [0, 0.1) is 5.92 Å². The van der Waals surface area contributed by atoms with E-state index in [0.29, 0.717) is 117 Å². The van der Waals surface area contributed by atoms with Crippen LogP contribution in [-0.2, 0) is 65.4 Å². The van der Waals surface area contributed by atoms with Gasteiger partial charge in [0.15, 0.2) is 0 Å². The molecule has 0 aromatic heterocycles. The summed E-state index contributed by atoms with van der Waals surface area (Å²) in [6.45, 7) is 11.3. The van der Waals surface area contributed by atoms with Gasteiger partial charge in [0.05, 0.1) is 71.9 Å². The number of rotatable bonds is 40. The summed E-state index contributed by atoms with van der Waals surface area (Å²) >= 11 is 0. The van der Waals surface area contributed by atoms with E-state index in [1.54, 1.807) is 0 Å². The highest BCUT2D eigenvalue weighted by molar-refractivity contribution is 5.90. The van der Waals surface area contributed by atoms with Crippen LogP contribution in [0.1, 0.15) is 89.2 Å². The van der Waals surface area contributed by atoms with Gasteiger partial charge >= 0.3 is 23.9 Å². The highest BCUT2D eigenvalue weighted by atomic mass is 16.5. The predicted molar refractivity (Wildman–Crippen MR) is 283 cm³/mol. The quantitative estimate of drug-likeness (QED) is 0.0394. The normalized spacial score (nSPS) is 15.2. The SMILES string of the molecule is CC(C)Cc1ccc(CC(=O)NCCCCC(NC(=O)C(CCCCNC(=O)CN2CCN(CCC(=O)O)CCN(CCC(=O)O)CCN(CCC(=O)O)CC2)NC(=O)CCOCCOCCOCCN)C(=O)O)cc1. The number of carbonyl (C=O) groups excluding carboxylic acids is 4. The van der Waals surface area contributed by atoms with Gasteiger partial charge in [-0.05, 0) is 62.0 Å². The number of carboxylic acids is 4. The number of aliphatic carboxylic acids is 4. The number of benzene rings is 1. The van der Waals surface area contributed by atoms with E-state index in [1.807, 2.05) is 43.9 Å². The van der Waals surface area contributed by atoms with Crippen LogP contribution in [0.4, 0.5) is 0 Å². The molecule has 0 spiro atoms. The first-order chi connectivity index (χ1) is 36.4. The number of unbranched alkanes of at least 4 members (excludes halogenated alkanes) is 2. The molecule has 1 heterocycles. The molecule has 2 atom stereocenters. The van der Waals surface area contributed by atoms with Crippen molar-refractivity contribution in [2.45, 2.75) is 103 Å². The van der Waals surface area contributed by atoms with Gasteiger partial charge in [-0.15, -0.1) is 0 Å². The number of nitrogens with one attached hydrogen (secondary N) is 4. The number of hydrogen-bond acceptors (Lipinski definition) is 16. The molecule has 1 fully saturated rings. The maximum atomic E-state index is 13.7. The van der Waals surface area contributed by atoms with E-state index in [-0.39, 0.29) is 109 Å². The van der Waals surface area contributed by atoms with E-state index in [9.17, 15) is 58.8 Å². The van der Waals surface area contributed by atoms with E-state index < -0.39 is 47.8 Å². The van der Waals surface area contributed by atoms with Gasteiger partial charge in [0.25, 0.3) is 0 Å². The minimum atomic E-state index is -1.26. The molecule has 432 valence electrons. The zero-order valence-electron chi connectivity index (χ0n) is 45.0. The van der Waals surface area contributed by atoms with E-state index in [1.165, 1.54) is 5.56 Å². The minimum absolute atomic E-state index is 0.00121. The first kappa shape index (κ1) is 66.8. The lowest BCUT2D eigenvalue weighted by Crippen LogP contribution is -2.51. The van der Waals surface area contributed by atoms with Crippen LogP contribution in [0.15, 0.2) is 24.3 Å². The van der Waals surface area contributed by atoms with Crippen molar-refractivity contribution >= 4 is 47.5 Å². The summed E-state index contributed by atoms with van der Waals surface area (Å²) in [7, 11) is 0. The number of nitrogens with two attached hydrogens (primary N) is 1. The number of ether oxygens (including phenoxy) is 3. The maximum Gasteiger partial charge on any atom is 0.326 e. The fourth-order valence-corrected chi connectivity index (χ4v) is 8.20. The summed E-state index contributed by atoms with van der Waals surface area (Å²) in [6, 6.07) is 5.59. The van der Waals surface area contributed by atoms with Crippen LogP contribution in [0.3, 0.4) is 0 Å². The molecule has 1 aromatic carbocycles. The largest absolute Gasteiger partial charge is 0.481 e. The second-order valence-electron chi connectivity index (χ2n) is 19.4. The molecule has 2 rings (SSSR count). The average Bonchev–Trinajstić information content (AvgIpc) is 3.36. The van der Waals surface area contributed by atoms with Crippen molar-refractivity contribution in [2.24, 2.45) is 11.7 Å². The Hall–Kier alpha value is -5.34. The second-order valence-corrected chi connectivity index (χ2v) is 19.4. The summed E-state index contributed by atoms with van der Waals surface area (Å²) in [5.41, 5.74) is 7.50. The Morgan fingerprint density at radius 1 is 0.526 bits per heavy atom. The van der Waals surface area contributed by atoms with Gasteiger partial charge in [-0.25, -0.2) is 4.79 Å². The van der Waals surface area contributed by atoms with E-state index in [4.69, 9.17) is 19.9 Å². The number of hydrogen-bond donors (Lipinski definition) is 9. The second kappa shape index (κ2) is 40.9. The lowest BCUT2D eigenvalue weighted by molar-refractivity contribution is -0.142. The van der Waals surface area contributed by atoms with E-state index in [0.717, 1.165) is 12.0 Å². The van der Waals surface area contributed by atoms with Crippen LogP contribution in [0.5, 0.6) is 0 Å². The Labute approximate surface area is 448 Å². The average molecular weight is 1080 g/mol. The first-order valence-electron chi connectivity index (χ1n) is 26.9. The molecule has 0 radical (unpaired) electrons. The van der Waals surface area contributed by atoms with Crippen molar-refractivity contribution in [3.05, 3.63) is 35.4 Å². The fourth-order valence-electron chi connectivity index (χ4n) is 8.20. The Bertz CT molecular complexity index is 1830. The first-order valence-corrected chi connectivity index (χ1v) is 26.9. The van der Waals surface area contributed by atoms with Gasteiger partial charge in [0.2, 0.25) is 23.6 Å². The van der Waals surface area contributed by atoms with Crippen LogP contribution >= 0.6 is 0 Å². The Balaban J connectivity index is 2.01. The Kier molecular flexibility index (Phi) is 35.9. The molecular formula is C52H89N9O15. The fraction of sp³-hybridized carbons (Fsp3) is 0.731. The molecule has 76 heavy (non-hydrogen) atoms. The van der Waals surface area contributed by atoms with Crippen molar-refractivity contribution < 1.29 is 73.0 Å². The number of amides is 4. The topological polar surface area (TPSA) is 332 Å². The highest BCUT2D eigenvalue weighted by Gasteiger charge is 2.27. The van der Waals surface area contributed by atoms with Crippen molar-refractivity contribution in [3.8, 4) is 0 Å². The zero-order chi connectivity index (χ0) is 55.9. The maximum absolute atomic E-state index is 13.7. The van der Waals surface area contributed by atoms with Crippen molar-refractivity contribution in [2.75, 3.05) is 138 Å². The third-order valence-corrected chi connectivity index (χ3v) is 12.5. The molecule has 1 saturated heterocycles. The van der Waals surface area contributed by atoms with E-state index in [2.05, 4.69) is 35.1 Å². The third-order valence-electron chi connectivity index (χ3n) is 12.5. The Morgan fingerprint density at radius 3 is 1.42 bits per heavy atom. The summed E-state index contributed by atoms with van der Waals surface area (Å²) < 4.78 is 16.2. The predicted octanol–water partition coefficient (Wildman–Crippen LogP) is 0.0991. The summed E-state index contributed by atoms with van der Waals surface area (Å²) in [5.74, 6) is -5.17. The third kappa shape index (κ3) is 34.3. The van der Waals surface area contributed by atoms with Gasteiger partial charge < -0.3 is 76.3 Å². The molecule has 10 N–H and O–H groups in total. The molecule has 1 aromatic rings. The number of carbonyl (C=O) groups is 8. The van der Waals surface area contributed by atoms with Crippen LogP contribution in [-0.4, -0.2) is 237 Å². The van der Waals surface area contributed by atoms with Crippen LogP contribution in [0.25, 0.3) is 0 Å². The molecule has 2 unspecified atom stereocenters. The highest BCUT2D eigenvalue weighted by Crippen LogP contribution is 2.11. The lowest BCUT2D eigenvalue weighted by Gasteiger charge is -2.34. The molecule has 24 nitrogen and oxygen atoms in total. The van der Waals surface area contributed by atoms with Crippen LogP contribution in [0.2, 0.25) is 0 Å². The van der Waals surface area contributed by atoms with E-state index >= 15 is 0 Å². The molecule has 0 saturated carbocycles. The zero-order valence-corrected chi connectivity index (χ0v) is 45.0. The molecule has 1 aliphatic heterocycles. The molecular weight excluding hydrogens is 991 g/mol. The van der Waals surface area contributed by atoms with Crippen molar-refractivity contribution in [1.29, 1.82) is 0 Å².